The Labute approximate surface area is 734 Å². The lowest BCUT2D eigenvalue weighted by Crippen LogP contribution is -2.62. The van der Waals surface area contributed by atoms with Gasteiger partial charge in [-0.05, 0) is 196 Å². The van der Waals surface area contributed by atoms with E-state index in [4.69, 9.17) is 44.4 Å². The summed E-state index contributed by atoms with van der Waals surface area (Å²) >= 11 is 0. The van der Waals surface area contributed by atoms with Crippen molar-refractivity contribution in [3.63, 3.8) is 0 Å². The van der Waals surface area contributed by atoms with Gasteiger partial charge in [0.25, 0.3) is 11.8 Å². The maximum Gasteiger partial charge on any atom is 0.411 e. The molecule has 0 aromatic heterocycles. The van der Waals surface area contributed by atoms with Gasteiger partial charge in [-0.3, -0.25) is 58.7 Å². The van der Waals surface area contributed by atoms with E-state index in [9.17, 15) is 78.3 Å². The molecular weight excluding hydrogens is 1630 g/mol. The van der Waals surface area contributed by atoms with E-state index in [1.54, 1.807) is 44.2 Å². The molecule has 3 aromatic rings. The Morgan fingerprint density at radius 3 is 1.82 bits per heavy atom. The Bertz CT molecular complexity index is 4360. The second-order valence-electron chi connectivity index (χ2n) is 35.3. The Hall–Kier alpha value is -9.89. The molecule has 126 heavy (non-hydrogen) atoms. The number of benzene rings is 3. The van der Waals surface area contributed by atoms with Crippen LogP contribution < -0.4 is 53.6 Å². The number of hydrogen-bond donors (Lipinski definition) is 16. The van der Waals surface area contributed by atoms with Gasteiger partial charge in [-0.1, -0.05) is 91.5 Å². The molecule has 1 saturated heterocycles. The van der Waals surface area contributed by atoms with Crippen molar-refractivity contribution in [3.05, 3.63) is 112 Å². The van der Waals surface area contributed by atoms with Crippen molar-refractivity contribution in [2.45, 2.75) is 249 Å². The molecule has 2 saturated carbocycles. The number of allylic oxidation sites excluding steroid dienone is 1. The van der Waals surface area contributed by atoms with Crippen LogP contribution in [0.15, 0.2) is 89.3 Å². The summed E-state index contributed by atoms with van der Waals surface area (Å²) in [4.78, 5) is 150. The third-order valence-electron chi connectivity index (χ3n) is 26.2. The van der Waals surface area contributed by atoms with Crippen molar-refractivity contribution in [1.82, 2.24) is 42.1 Å². The number of aromatic hydroxyl groups is 1. The zero-order chi connectivity index (χ0) is 90.9. The largest absolute Gasteiger partial charge is 0.508 e. The number of aliphatic hydroxyl groups excluding tert-OH is 4. The number of anilines is 2. The number of imide groups is 2. The van der Waals surface area contributed by atoms with E-state index in [2.05, 4.69) is 66.8 Å². The molecule has 36 heteroatoms. The van der Waals surface area contributed by atoms with E-state index < -0.39 is 132 Å². The number of carbonyl (C=O) groups is 11. The number of primary amides is 1. The lowest BCUT2D eigenvalue weighted by Gasteiger charge is -2.56. The first-order valence-electron chi connectivity index (χ1n) is 44.3. The highest BCUT2D eigenvalue weighted by molar-refractivity contribution is 6.13. The van der Waals surface area contributed by atoms with Gasteiger partial charge in [0, 0.05) is 48.7 Å². The van der Waals surface area contributed by atoms with Crippen LogP contribution in [0.3, 0.4) is 0 Å². The number of rotatable bonds is 44. The molecule has 10 rings (SSSR count). The van der Waals surface area contributed by atoms with Crippen molar-refractivity contribution in [3.8, 4) is 5.75 Å². The van der Waals surface area contributed by atoms with E-state index in [1.165, 1.54) is 17.7 Å². The number of phenols is 1. The smallest absolute Gasteiger partial charge is 0.411 e. The van der Waals surface area contributed by atoms with Gasteiger partial charge in [-0.25, -0.2) is 15.1 Å². The fourth-order valence-corrected chi connectivity index (χ4v) is 19.3. The highest BCUT2D eigenvalue weighted by Crippen LogP contribution is 2.60. The molecule has 2 unspecified atom stereocenters. The lowest BCUT2D eigenvalue weighted by molar-refractivity contribution is -0.234. The summed E-state index contributed by atoms with van der Waals surface area (Å²) in [5.41, 5.74) is 17.3. The number of nitrogens with two attached hydrogens (primary N) is 1. The molecule has 15 atom stereocenters. The van der Waals surface area contributed by atoms with Crippen LogP contribution in [0.5, 0.6) is 5.75 Å². The fourth-order valence-electron chi connectivity index (χ4n) is 19.3. The Kier molecular flexibility index (Phi) is 36.0. The second kappa shape index (κ2) is 46.2. The third-order valence-corrected chi connectivity index (χ3v) is 26.2. The summed E-state index contributed by atoms with van der Waals surface area (Å²) in [6, 6.07) is 13.3. The van der Waals surface area contributed by atoms with Gasteiger partial charge < -0.3 is 102 Å². The number of nitrogens with zero attached hydrogens (tertiary/aromatic N) is 2. The minimum atomic E-state index is -1.65. The van der Waals surface area contributed by atoms with E-state index in [1.807, 2.05) is 44.2 Å². The van der Waals surface area contributed by atoms with Gasteiger partial charge in [-0.15, -0.1) is 0 Å². The first kappa shape index (κ1) is 98.3. The van der Waals surface area contributed by atoms with Crippen LogP contribution in [0.4, 0.5) is 21.0 Å². The second-order valence-corrected chi connectivity index (χ2v) is 35.3. The van der Waals surface area contributed by atoms with E-state index >= 15 is 0 Å². The minimum Gasteiger partial charge on any atom is -0.508 e. The molecule has 3 aromatic carbocycles. The number of amides is 12. The van der Waals surface area contributed by atoms with Crippen LogP contribution in [-0.4, -0.2) is 236 Å². The summed E-state index contributed by atoms with van der Waals surface area (Å²) in [7, 11) is 0. The monoisotopic (exact) mass is 1760 g/mol. The number of unbranched alkanes of at least 4 members (excludes halogenated alkanes) is 1. The number of hydrogen-bond acceptors (Lipinski definition) is 26. The average molecular weight is 1760 g/mol. The Balaban J connectivity index is 0.711. The summed E-state index contributed by atoms with van der Waals surface area (Å²) in [6.45, 7) is 12.1. The number of ether oxygens (including phenoxy) is 7. The first-order chi connectivity index (χ1) is 60.3. The van der Waals surface area contributed by atoms with Crippen LogP contribution in [0.2, 0.25) is 0 Å². The first-order valence-corrected chi connectivity index (χ1v) is 44.3. The predicted octanol–water partition coefficient (Wildman–Crippen LogP) is 5.65. The van der Waals surface area contributed by atoms with Crippen LogP contribution in [0.1, 0.15) is 191 Å². The van der Waals surface area contributed by atoms with Crippen molar-refractivity contribution in [2.75, 3.05) is 96.3 Å². The number of aliphatic hydroxyl groups is 4. The number of aryl methyl sites for hydroxylation is 2. The summed E-state index contributed by atoms with van der Waals surface area (Å²) in [5.74, 6) is -4.98. The van der Waals surface area contributed by atoms with Gasteiger partial charge in [0.1, 0.15) is 73.3 Å². The average Bonchev–Trinajstić information content (AvgIpc) is 0.740. The lowest BCUT2D eigenvalue weighted by atomic mass is 9.49. The maximum atomic E-state index is 14.9. The summed E-state index contributed by atoms with van der Waals surface area (Å²) in [5, 5.41) is 80.9. The summed E-state index contributed by atoms with van der Waals surface area (Å²) < 4.78 is 39.6. The van der Waals surface area contributed by atoms with Gasteiger partial charge >= 0.3 is 12.1 Å². The number of urea groups is 1. The number of fused-ring (bicyclic) bond motifs is 6. The molecule has 7 aliphatic rings. The molecule has 36 nitrogen and oxygen atoms in total. The van der Waals surface area contributed by atoms with Crippen molar-refractivity contribution < 1.29 is 111 Å². The zero-order valence-electron chi connectivity index (χ0n) is 73.2. The molecule has 2 heterocycles. The van der Waals surface area contributed by atoms with Crippen molar-refractivity contribution >= 4 is 76.7 Å². The molecule has 12 amide bonds. The SMILES string of the molecule is CC(C)[C@H](NC(=O)[C@@H](CCCCNC(=O)COC1CCCCC/C(N[C@@H]2O[C@H](CO)[C@H](O)[C@H](O)[C@H]2O)=C\1N=N)NC(=O)CCOCCOCCOCCOCCN1C(=O)C=CC1=O)C(=O)N[C@@H](CCCNC(N)=O)C(=O)Nc1ccc(COC(=O)Nc2ccc3c(c2)[C@@]2(C)CCC[C@](C)(C(=O)NC(=O)[C@@]4(C)CCC[C@]5(C)c6cc(O)ccc6CC[C@@H]45)C2CC3)cc1. The molecule has 17 N–H and O–H groups in total. The molecule has 0 spiro atoms. The van der Waals surface area contributed by atoms with Crippen molar-refractivity contribution in [2.24, 2.45) is 39.4 Å². The van der Waals surface area contributed by atoms with Crippen LogP contribution in [0.25, 0.3) is 0 Å². The highest BCUT2D eigenvalue weighted by Gasteiger charge is 2.59. The highest BCUT2D eigenvalue weighted by atomic mass is 16.6. The van der Waals surface area contributed by atoms with E-state index in [0.29, 0.717) is 74.0 Å². The topological polar surface area (TPSA) is 527 Å². The number of phenolic OH excluding ortho intramolecular Hbond substituents is 1. The van der Waals surface area contributed by atoms with Gasteiger partial charge in [0.05, 0.1) is 76.8 Å². The Morgan fingerprint density at radius 1 is 0.611 bits per heavy atom. The molecule has 3 fully saturated rings. The molecule has 692 valence electrons. The molecule has 5 aliphatic carbocycles. The minimum absolute atomic E-state index is 0.00616. The predicted molar refractivity (Wildman–Crippen MR) is 459 cm³/mol. The fraction of sp³-hybridized carbons (Fsp3) is 0.633. The number of nitrogens with one attached hydrogen (secondary N) is 10. The Morgan fingerprint density at radius 2 is 1.20 bits per heavy atom. The zero-order valence-corrected chi connectivity index (χ0v) is 73.2. The van der Waals surface area contributed by atoms with Crippen molar-refractivity contribution in [1.29, 1.82) is 5.53 Å². The van der Waals surface area contributed by atoms with Crippen LogP contribution >= 0.6 is 0 Å². The molecular formula is C90H129N13O23. The quantitative estimate of drug-likeness (QED) is 0.0185. The molecule has 0 radical (unpaired) electrons. The van der Waals surface area contributed by atoms with Crippen LogP contribution in [-0.2, 0) is 107 Å². The van der Waals surface area contributed by atoms with E-state index in [-0.39, 0.29) is 164 Å². The third kappa shape index (κ3) is 25.5. The summed E-state index contributed by atoms with van der Waals surface area (Å²) in [6.07, 6.45) is 4.49. The normalized spacial score (nSPS) is 26.4. The van der Waals surface area contributed by atoms with Gasteiger partial charge in [0.15, 0.2) is 6.23 Å². The molecule has 2 aliphatic heterocycles. The standard InChI is InChI=1S/C90H129N13O23/c1-54(2)74(100-80(114)64(97-70(106)33-41-120-43-45-122-47-48-123-46-44-121-42-40-103-72(108)31-32-73(103)109)16-10-11-38-93-71(107)53-124-66-18-9-7-8-15-63(75(66)102-92)99-82-78(112)77(111)76(110)67(51-104)126-82)81(115)98-65(17-12-39-94-85(91)118)79(113)95-58-25-19-55(20-26-58)52-125-86(119)96-59-27-21-56-23-29-68-87(3,61(56)49-59)34-13-36-89(68,5)83(116)101-84(117)90(6)37-14-35-88(4)62-50-60(105)28-22-57(62)24-30-69(88)90/h19-22,25-28,31-32,49-50,54,64-69,74,76-78,82,92,99,104-105,110-112H,7-18,23-24,29-30,33-48,51-53H2,1-6H3,(H,93,107)(H,95,113)(H,96,119)(H,97,106)(H,98,115)(H,100,114)(H3,91,94,118)(H,101,116,117)/b75-63-,102-92?/t64-,65+,66?,67-,68?,69-,74+,76+,77+,78-,82-,87-,88-,89+,90+/m1/s1. The van der Waals surface area contributed by atoms with Gasteiger partial charge in [0.2, 0.25) is 41.4 Å². The maximum absolute atomic E-state index is 14.9. The van der Waals surface area contributed by atoms with E-state index in [0.717, 1.165) is 73.0 Å². The molecule has 0 bridgehead atoms. The van der Waals surface area contributed by atoms with Crippen LogP contribution in [0, 0.1) is 34.1 Å². The number of carbonyl (C=O) groups excluding carboxylic acids is 11. The van der Waals surface area contributed by atoms with Gasteiger partial charge in [-0.2, -0.15) is 5.11 Å².